The second-order valence-corrected chi connectivity index (χ2v) is 4.81. The predicted molar refractivity (Wildman–Crippen MR) is 84.9 cm³/mol. The second-order valence-electron chi connectivity index (χ2n) is 4.81. The van der Waals surface area contributed by atoms with Gasteiger partial charge in [0.15, 0.2) is 0 Å². The minimum absolute atomic E-state index is 0. The Morgan fingerprint density at radius 3 is 3.05 bits per heavy atom. The molecule has 0 aliphatic heterocycles. The summed E-state index contributed by atoms with van der Waals surface area (Å²) in [6.07, 6.45) is 5.85. The van der Waals surface area contributed by atoms with Gasteiger partial charge in [0.2, 0.25) is 5.91 Å². The molecule has 2 aromatic heterocycles. The maximum absolute atomic E-state index is 13.2. The number of carbonyl (C=O) groups excluding carboxylic acids is 1. The largest absolute Gasteiger partial charge is 0.360 e. The fraction of sp³-hybridized carbons (Fsp3) is 0.250. The van der Waals surface area contributed by atoms with Crippen molar-refractivity contribution in [2.75, 3.05) is 7.05 Å². The van der Waals surface area contributed by atoms with Crippen molar-refractivity contribution in [1.82, 2.24) is 20.1 Å². The molecular weight excluding hydrogens is 283 g/mol. The van der Waals surface area contributed by atoms with Crippen LogP contribution in [-0.2, 0) is 11.3 Å². The lowest BCUT2D eigenvalue weighted by atomic mass is 10.1. The van der Waals surface area contributed by atoms with Gasteiger partial charge in [-0.15, -0.1) is 0 Å². The smallest absolute Gasteiger partial charge is 0.221 e. The van der Waals surface area contributed by atoms with Gasteiger partial charge in [0.05, 0.1) is 6.20 Å². The van der Waals surface area contributed by atoms with Crippen molar-refractivity contribution in [3.05, 3.63) is 42.6 Å². The monoisotopic (exact) mass is 302 g/mol. The molecule has 0 spiro atoms. The molecule has 116 valence electrons. The van der Waals surface area contributed by atoms with Gasteiger partial charge in [-0.2, -0.15) is 5.10 Å². The third-order valence-corrected chi connectivity index (χ3v) is 3.43. The van der Waals surface area contributed by atoms with Crippen LogP contribution in [0.15, 0.2) is 36.8 Å². The van der Waals surface area contributed by atoms with Crippen LogP contribution in [0, 0.1) is 5.82 Å². The molecule has 6 heteroatoms. The molecule has 2 heterocycles. The van der Waals surface area contributed by atoms with Gasteiger partial charge in [0.25, 0.3) is 0 Å². The topological polar surface area (TPSA) is 62.7 Å². The number of aryl methyl sites for hydroxylation is 1. The lowest BCUT2D eigenvalue weighted by Crippen LogP contribution is -2.19. The highest BCUT2D eigenvalue weighted by molar-refractivity contribution is 5.95. The number of fused-ring (bicyclic) bond motifs is 1. The highest BCUT2D eigenvalue weighted by Gasteiger charge is 2.09. The number of nitrogens with zero attached hydrogens (tertiary/aromatic N) is 2. The molecular formula is C16H19FN4O. The number of nitrogens with one attached hydrogen (secondary N) is 2. The molecule has 0 aliphatic rings. The minimum Gasteiger partial charge on any atom is -0.360 e. The third kappa shape index (κ3) is 3.00. The van der Waals surface area contributed by atoms with Crippen LogP contribution in [0.4, 0.5) is 4.39 Å². The number of aromatic nitrogens is 3. The number of halogens is 1. The van der Waals surface area contributed by atoms with Crippen LogP contribution in [0.2, 0.25) is 0 Å². The molecule has 0 radical (unpaired) electrons. The number of amides is 1. The normalized spacial score (nSPS) is 10.5. The van der Waals surface area contributed by atoms with Crippen LogP contribution < -0.4 is 5.32 Å². The molecule has 0 saturated heterocycles. The van der Waals surface area contributed by atoms with Crippen molar-refractivity contribution in [3.8, 4) is 11.1 Å². The van der Waals surface area contributed by atoms with Crippen LogP contribution in [0.5, 0.6) is 0 Å². The quantitative estimate of drug-likeness (QED) is 0.778. The molecule has 1 aromatic carbocycles. The number of hydrogen-bond donors (Lipinski definition) is 2. The Balaban J connectivity index is 0.00000176. The summed E-state index contributed by atoms with van der Waals surface area (Å²) in [4.78, 5) is 14.3. The van der Waals surface area contributed by atoms with E-state index in [1.165, 1.54) is 12.1 Å². The molecule has 3 rings (SSSR count). The van der Waals surface area contributed by atoms with Crippen molar-refractivity contribution < 1.29 is 9.18 Å². The molecule has 2 N–H and O–H groups in total. The van der Waals surface area contributed by atoms with E-state index in [1.54, 1.807) is 24.0 Å². The number of aromatic amines is 1. The van der Waals surface area contributed by atoms with E-state index in [-0.39, 0.29) is 19.2 Å². The van der Waals surface area contributed by atoms with Crippen LogP contribution in [0.3, 0.4) is 0 Å². The van der Waals surface area contributed by atoms with Gasteiger partial charge in [-0.05, 0) is 18.2 Å². The van der Waals surface area contributed by atoms with E-state index in [1.807, 2.05) is 12.4 Å². The third-order valence-electron chi connectivity index (χ3n) is 3.43. The van der Waals surface area contributed by atoms with E-state index in [4.69, 9.17) is 0 Å². The van der Waals surface area contributed by atoms with Crippen LogP contribution in [-0.4, -0.2) is 27.7 Å². The number of H-pyrrole nitrogens is 1. The first-order valence-electron chi connectivity index (χ1n) is 6.67. The summed E-state index contributed by atoms with van der Waals surface area (Å²) >= 11 is 0. The minimum atomic E-state index is -0.267. The van der Waals surface area contributed by atoms with Gasteiger partial charge >= 0.3 is 0 Å². The zero-order valence-corrected chi connectivity index (χ0v) is 11.6. The van der Waals surface area contributed by atoms with Crippen molar-refractivity contribution in [2.24, 2.45) is 0 Å². The molecule has 5 nitrogen and oxygen atoms in total. The van der Waals surface area contributed by atoms with Crippen molar-refractivity contribution in [1.29, 1.82) is 0 Å². The van der Waals surface area contributed by atoms with Gasteiger partial charge in [-0.1, -0.05) is 7.43 Å². The van der Waals surface area contributed by atoms with E-state index in [9.17, 15) is 9.18 Å². The zero-order valence-electron chi connectivity index (χ0n) is 11.6. The van der Waals surface area contributed by atoms with Crippen molar-refractivity contribution >= 4 is 16.8 Å². The van der Waals surface area contributed by atoms with Crippen molar-refractivity contribution in [3.63, 3.8) is 0 Å². The Bertz CT molecular complexity index is 790. The summed E-state index contributed by atoms with van der Waals surface area (Å²) in [5.41, 5.74) is 2.66. The average molecular weight is 302 g/mol. The van der Waals surface area contributed by atoms with E-state index < -0.39 is 0 Å². The van der Waals surface area contributed by atoms with E-state index >= 15 is 0 Å². The lowest BCUT2D eigenvalue weighted by Gasteiger charge is -2.00. The first-order valence-corrected chi connectivity index (χ1v) is 6.67. The molecule has 0 bridgehead atoms. The zero-order chi connectivity index (χ0) is 14.8. The Morgan fingerprint density at radius 1 is 1.45 bits per heavy atom. The molecule has 3 aromatic rings. The molecule has 22 heavy (non-hydrogen) atoms. The Morgan fingerprint density at radius 2 is 2.27 bits per heavy atom. The molecule has 1 amide bonds. The summed E-state index contributed by atoms with van der Waals surface area (Å²) in [7, 11) is 1.61. The summed E-state index contributed by atoms with van der Waals surface area (Å²) < 4.78 is 14.9. The highest BCUT2D eigenvalue weighted by atomic mass is 19.1. The maximum Gasteiger partial charge on any atom is 0.221 e. The van der Waals surface area contributed by atoms with Gasteiger partial charge in [-0.3, -0.25) is 9.48 Å². The number of hydrogen-bond acceptors (Lipinski definition) is 2. The number of rotatable bonds is 4. The van der Waals surface area contributed by atoms with E-state index in [0.29, 0.717) is 13.0 Å². The summed E-state index contributed by atoms with van der Waals surface area (Å²) in [6, 6.07) is 4.66. The SMILES string of the molecule is C.CNC(=O)CCn1cc(-c2c[nH]c3cc(F)ccc23)cn1. The van der Waals surface area contributed by atoms with Crippen LogP contribution in [0.25, 0.3) is 22.0 Å². The molecule has 0 aliphatic carbocycles. The van der Waals surface area contributed by atoms with Gasteiger partial charge in [0, 0.05) is 54.4 Å². The molecule has 0 saturated carbocycles. The van der Waals surface area contributed by atoms with Gasteiger partial charge < -0.3 is 10.3 Å². The first kappa shape index (κ1) is 15.8. The first-order chi connectivity index (χ1) is 10.2. The Kier molecular flexibility index (Phi) is 4.60. The van der Waals surface area contributed by atoms with E-state index in [2.05, 4.69) is 15.4 Å². The van der Waals surface area contributed by atoms with Gasteiger partial charge in [-0.25, -0.2) is 4.39 Å². The fourth-order valence-corrected chi connectivity index (χ4v) is 2.30. The second kappa shape index (κ2) is 6.43. The standard InChI is InChI=1S/C15H15FN4O.CH4/c1-17-15(21)4-5-20-9-10(7-19-20)13-8-18-14-6-11(16)2-3-12(13)14;/h2-3,6-9,18H,4-5H2,1H3,(H,17,21);1H4. The molecule has 0 fully saturated rings. The molecule has 0 atom stereocenters. The average Bonchev–Trinajstić information content (AvgIpc) is 3.10. The van der Waals surface area contributed by atoms with Crippen molar-refractivity contribution in [2.45, 2.75) is 20.4 Å². The Labute approximate surface area is 128 Å². The predicted octanol–water partition coefficient (Wildman–Crippen LogP) is 2.94. The summed E-state index contributed by atoms with van der Waals surface area (Å²) in [5, 5.41) is 7.78. The summed E-state index contributed by atoms with van der Waals surface area (Å²) in [5.74, 6) is -0.285. The van der Waals surface area contributed by atoms with Crippen LogP contribution >= 0.6 is 0 Å². The van der Waals surface area contributed by atoms with Gasteiger partial charge in [0.1, 0.15) is 5.82 Å². The maximum atomic E-state index is 13.2. The highest BCUT2D eigenvalue weighted by Crippen LogP contribution is 2.28. The lowest BCUT2D eigenvalue weighted by molar-refractivity contribution is -0.120. The number of benzene rings is 1. The molecule has 0 unspecified atom stereocenters. The summed E-state index contributed by atoms with van der Waals surface area (Å²) in [6.45, 7) is 0.524. The Hall–Kier alpha value is -2.63. The number of carbonyl (C=O) groups is 1. The fourth-order valence-electron chi connectivity index (χ4n) is 2.30. The van der Waals surface area contributed by atoms with Crippen LogP contribution in [0.1, 0.15) is 13.8 Å². The van der Waals surface area contributed by atoms with E-state index in [0.717, 1.165) is 22.0 Å².